The van der Waals surface area contributed by atoms with Gasteiger partial charge in [0.25, 0.3) is 5.91 Å². The van der Waals surface area contributed by atoms with Gasteiger partial charge in [-0.3, -0.25) is 9.69 Å². The number of thioether (sulfide) groups is 1. The number of halogens is 2. The van der Waals surface area contributed by atoms with Gasteiger partial charge in [-0.2, -0.15) is 0 Å². The minimum absolute atomic E-state index is 0.124. The van der Waals surface area contributed by atoms with E-state index in [0.717, 1.165) is 5.56 Å². The molecule has 1 aromatic carbocycles. The number of hydrogen-bond acceptors (Lipinski definition) is 3. The Morgan fingerprint density at radius 2 is 2.16 bits per heavy atom. The first-order valence-electron chi connectivity index (χ1n) is 5.34. The summed E-state index contributed by atoms with van der Waals surface area (Å²) in [4.78, 5) is 14.2. The lowest BCUT2D eigenvalue weighted by Crippen LogP contribution is -2.27. The average molecular weight is 330 g/mol. The Hall–Kier alpha value is -0.810. The highest BCUT2D eigenvalue weighted by Gasteiger charge is 2.31. The summed E-state index contributed by atoms with van der Waals surface area (Å²) in [6.07, 6.45) is 3.37. The predicted molar refractivity (Wildman–Crippen MR) is 86.5 cm³/mol. The minimum atomic E-state index is -0.124. The summed E-state index contributed by atoms with van der Waals surface area (Å²) in [5.41, 5.74) is 0.741. The predicted octanol–water partition coefficient (Wildman–Crippen LogP) is 4.38. The molecule has 1 aromatic rings. The zero-order chi connectivity index (χ0) is 14.0. The van der Waals surface area contributed by atoms with Crippen molar-refractivity contribution in [1.29, 1.82) is 0 Å². The Labute approximate surface area is 131 Å². The second kappa shape index (κ2) is 6.09. The molecule has 0 unspecified atom stereocenters. The molecule has 1 saturated heterocycles. The fourth-order valence-corrected chi connectivity index (χ4v) is 3.28. The van der Waals surface area contributed by atoms with E-state index < -0.39 is 0 Å². The van der Waals surface area contributed by atoms with Gasteiger partial charge in [0.05, 0.1) is 4.91 Å². The monoisotopic (exact) mass is 329 g/mol. The fourth-order valence-electron chi connectivity index (χ4n) is 1.55. The van der Waals surface area contributed by atoms with Crippen LogP contribution in [0.1, 0.15) is 5.56 Å². The van der Waals surface area contributed by atoms with E-state index in [9.17, 15) is 4.79 Å². The van der Waals surface area contributed by atoms with Crippen LogP contribution in [0.25, 0.3) is 6.08 Å². The van der Waals surface area contributed by atoms with Gasteiger partial charge in [-0.05, 0) is 23.8 Å². The number of carbonyl (C=O) groups is 1. The van der Waals surface area contributed by atoms with E-state index in [4.69, 9.17) is 35.4 Å². The van der Waals surface area contributed by atoms with Crippen LogP contribution in [0.3, 0.4) is 0 Å². The van der Waals surface area contributed by atoms with Crippen LogP contribution in [0, 0.1) is 0 Å². The van der Waals surface area contributed by atoms with Gasteiger partial charge < -0.3 is 0 Å². The summed E-state index contributed by atoms with van der Waals surface area (Å²) in [5.74, 6) is -0.124. The maximum absolute atomic E-state index is 12.1. The van der Waals surface area contributed by atoms with E-state index in [1.807, 2.05) is 0 Å². The quantitative estimate of drug-likeness (QED) is 0.466. The highest BCUT2D eigenvalue weighted by molar-refractivity contribution is 8.26. The third-order valence-electron chi connectivity index (χ3n) is 2.43. The molecule has 98 valence electrons. The molecule has 2 rings (SSSR count). The van der Waals surface area contributed by atoms with E-state index in [1.165, 1.54) is 16.7 Å². The molecular formula is C13H9Cl2NOS2. The maximum Gasteiger partial charge on any atom is 0.266 e. The second-order valence-corrected chi connectivity index (χ2v) is 6.27. The van der Waals surface area contributed by atoms with Crippen LogP contribution in [-0.4, -0.2) is 21.7 Å². The van der Waals surface area contributed by atoms with Crippen molar-refractivity contribution in [3.63, 3.8) is 0 Å². The molecule has 19 heavy (non-hydrogen) atoms. The Morgan fingerprint density at radius 3 is 2.79 bits per heavy atom. The zero-order valence-electron chi connectivity index (χ0n) is 9.73. The summed E-state index contributed by atoms with van der Waals surface area (Å²) in [6, 6.07) is 5.13. The summed E-state index contributed by atoms with van der Waals surface area (Å²) < 4.78 is 0.529. The zero-order valence-corrected chi connectivity index (χ0v) is 12.9. The molecule has 0 N–H and O–H groups in total. The molecule has 0 radical (unpaired) electrons. The van der Waals surface area contributed by atoms with Crippen LogP contribution < -0.4 is 0 Å². The van der Waals surface area contributed by atoms with Crippen molar-refractivity contribution in [3.05, 3.63) is 51.4 Å². The highest BCUT2D eigenvalue weighted by Crippen LogP contribution is 2.34. The Kier molecular flexibility index (Phi) is 4.68. The van der Waals surface area contributed by atoms with Crippen LogP contribution >= 0.6 is 47.2 Å². The smallest absolute Gasteiger partial charge is 0.266 e. The van der Waals surface area contributed by atoms with Gasteiger partial charge in [0.15, 0.2) is 0 Å². The van der Waals surface area contributed by atoms with E-state index in [0.29, 0.717) is 25.8 Å². The fraction of sp³-hybridized carbons (Fsp3) is 0.0769. The first-order chi connectivity index (χ1) is 9.02. The van der Waals surface area contributed by atoms with Crippen molar-refractivity contribution in [2.75, 3.05) is 6.54 Å². The second-order valence-electron chi connectivity index (χ2n) is 3.75. The third kappa shape index (κ3) is 3.20. The maximum atomic E-state index is 12.1. The van der Waals surface area contributed by atoms with E-state index in [1.54, 1.807) is 30.4 Å². The minimum Gasteiger partial charge on any atom is -0.289 e. The molecule has 0 spiro atoms. The van der Waals surface area contributed by atoms with Gasteiger partial charge in [-0.1, -0.05) is 59.3 Å². The van der Waals surface area contributed by atoms with Crippen molar-refractivity contribution in [3.8, 4) is 0 Å². The number of rotatable bonds is 3. The number of hydrogen-bond donors (Lipinski definition) is 0. The molecule has 2 nitrogen and oxygen atoms in total. The van der Waals surface area contributed by atoms with Crippen molar-refractivity contribution in [2.24, 2.45) is 0 Å². The van der Waals surface area contributed by atoms with Crippen LogP contribution in [0.5, 0.6) is 0 Å². The number of thiocarbonyl (C=S) groups is 1. The lowest BCUT2D eigenvalue weighted by molar-refractivity contribution is -0.121. The van der Waals surface area contributed by atoms with Crippen LogP contribution in [0.4, 0.5) is 0 Å². The molecule has 1 heterocycles. The van der Waals surface area contributed by atoms with Crippen molar-refractivity contribution in [2.45, 2.75) is 0 Å². The standard InChI is InChI=1S/C13H9Cl2NOS2/c1-2-5-16-12(17)11(19-13(16)18)6-8-3-4-9(14)7-10(8)15/h2-4,6-7H,1,5H2/b11-6-. The van der Waals surface area contributed by atoms with E-state index >= 15 is 0 Å². The van der Waals surface area contributed by atoms with Crippen LogP contribution in [-0.2, 0) is 4.79 Å². The topological polar surface area (TPSA) is 20.3 Å². The molecular weight excluding hydrogens is 321 g/mol. The largest absolute Gasteiger partial charge is 0.289 e. The SMILES string of the molecule is C=CCN1C(=O)/C(=C/c2ccc(Cl)cc2Cl)SC1=S. The Balaban J connectivity index is 2.32. The Morgan fingerprint density at radius 1 is 1.42 bits per heavy atom. The normalized spacial score (nSPS) is 17.4. The molecule has 0 aromatic heterocycles. The number of amides is 1. The van der Waals surface area contributed by atoms with Crippen LogP contribution in [0.15, 0.2) is 35.8 Å². The van der Waals surface area contributed by atoms with Crippen molar-refractivity contribution in [1.82, 2.24) is 4.90 Å². The highest BCUT2D eigenvalue weighted by atomic mass is 35.5. The van der Waals surface area contributed by atoms with Gasteiger partial charge in [0.1, 0.15) is 4.32 Å². The average Bonchev–Trinajstić information content (AvgIpc) is 2.61. The first kappa shape index (κ1) is 14.6. The molecule has 0 aliphatic carbocycles. The lowest BCUT2D eigenvalue weighted by atomic mass is 10.2. The van der Waals surface area contributed by atoms with Gasteiger partial charge in [-0.15, -0.1) is 6.58 Å². The molecule has 0 saturated carbocycles. The molecule has 1 amide bonds. The van der Waals surface area contributed by atoms with Crippen molar-refractivity contribution >= 4 is 63.5 Å². The third-order valence-corrected chi connectivity index (χ3v) is 4.37. The molecule has 0 atom stereocenters. The van der Waals surface area contributed by atoms with Crippen LogP contribution in [0.2, 0.25) is 10.0 Å². The van der Waals surface area contributed by atoms with Gasteiger partial charge in [0, 0.05) is 16.6 Å². The summed E-state index contributed by atoms with van der Waals surface area (Å²) in [7, 11) is 0. The van der Waals surface area contributed by atoms with Crippen molar-refractivity contribution < 1.29 is 4.79 Å². The molecule has 1 aliphatic heterocycles. The molecule has 1 aliphatic rings. The number of nitrogens with zero attached hydrogens (tertiary/aromatic N) is 1. The van der Waals surface area contributed by atoms with Gasteiger partial charge in [0.2, 0.25) is 0 Å². The van der Waals surface area contributed by atoms with E-state index in [2.05, 4.69) is 6.58 Å². The number of carbonyl (C=O) groups excluding carboxylic acids is 1. The summed E-state index contributed by atoms with van der Waals surface area (Å²) >= 11 is 18.3. The molecule has 0 bridgehead atoms. The lowest BCUT2D eigenvalue weighted by Gasteiger charge is -2.10. The molecule has 6 heteroatoms. The summed E-state index contributed by atoms with van der Waals surface area (Å²) in [5, 5.41) is 1.06. The Bertz CT molecular complexity index is 598. The molecule has 1 fully saturated rings. The van der Waals surface area contributed by atoms with Gasteiger partial charge in [-0.25, -0.2) is 0 Å². The van der Waals surface area contributed by atoms with Gasteiger partial charge >= 0.3 is 0 Å². The van der Waals surface area contributed by atoms with E-state index in [-0.39, 0.29) is 5.91 Å². The number of benzene rings is 1. The first-order valence-corrected chi connectivity index (χ1v) is 7.32. The summed E-state index contributed by atoms with van der Waals surface area (Å²) in [6.45, 7) is 4.02.